The number of halogens is 2. The van der Waals surface area contributed by atoms with Gasteiger partial charge in [-0.3, -0.25) is 0 Å². The normalized spacial score (nSPS) is 33.6. The summed E-state index contributed by atoms with van der Waals surface area (Å²) in [5, 5.41) is 8.85. The van der Waals surface area contributed by atoms with Gasteiger partial charge >= 0.3 is 0 Å². The predicted molar refractivity (Wildman–Crippen MR) is 66.6 cm³/mol. The summed E-state index contributed by atoms with van der Waals surface area (Å²) in [6, 6.07) is 9.78. The minimum absolute atomic E-state index is 0.0598. The fraction of sp³-hybridized carbons (Fsp3) is 0.417. The number of hydrogen-bond donors (Lipinski definition) is 1. The molecule has 16 heavy (non-hydrogen) atoms. The van der Waals surface area contributed by atoms with Gasteiger partial charge in [-0.05, 0) is 18.1 Å². The van der Waals surface area contributed by atoms with Gasteiger partial charge in [-0.2, -0.15) is 5.26 Å². The maximum atomic E-state index is 9.14. The van der Waals surface area contributed by atoms with Crippen molar-refractivity contribution < 1.29 is 0 Å². The van der Waals surface area contributed by atoms with Gasteiger partial charge in [0, 0.05) is 17.0 Å². The van der Waals surface area contributed by atoms with Crippen LogP contribution in [-0.2, 0) is 0 Å². The average Bonchev–Trinajstić information content (AvgIpc) is 2.54. The molecular formula is C12H12Cl2N2. The molecule has 4 unspecified atom stereocenters. The van der Waals surface area contributed by atoms with Crippen LogP contribution in [0.5, 0.6) is 0 Å². The predicted octanol–water partition coefficient (Wildman–Crippen LogP) is 3.11. The highest BCUT2D eigenvalue weighted by Crippen LogP contribution is 2.46. The van der Waals surface area contributed by atoms with Crippen LogP contribution in [-0.4, -0.2) is 10.8 Å². The molecule has 1 fully saturated rings. The Bertz CT molecular complexity index is 427. The van der Waals surface area contributed by atoms with Gasteiger partial charge in [0.05, 0.1) is 17.4 Å². The summed E-state index contributed by atoms with van der Waals surface area (Å²) < 4.78 is 0. The Morgan fingerprint density at radius 2 is 1.94 bits per heavy atom. The van der Waals surface area contributed by atoms with Crippen molar-refractivity contribution in [3.63, 3.8) is 0 Å². The van der Waals surface area contributed by atoms with E-state index in [0.29, 0.717) is 12.1 Å². The van der Waals surface area contributed by atoms with Gasteiger partial charge < -0.3 is 5.73 Å². The molecule has 1 aliphatic rings. The number of benzene rings is 1. The highest BCUT2D eigenvalue weighted by atomic mass is 35.5. The van der Waals surface area contributed by atoms with Crippen LogP contribution >= 0.6 is 23.2 Å². The van der Waals surface area contributed by atoms with E-state index in [4.69, 9.17) is 34.2 Å². The number of alkyl halides is 2. The lowest BCUT2D eigenvalue weighted by molar-refractivity contribution is 0.612. The first-order valence-corrected chi connectivity index (χ1v) is 6.04. The minimum Gasteiger partial charge on any atom is -0.398 e. The van der Waals surface area contributed by atoms with E-state index in [1.54, 1.807) is 0 Å². The van der Waals surface area contributed by atoms with Gasteiger partial charge in [0.1, 0.15) is 0 Å². The second-order valence-corrected chi connectivity index (χ2v) is 5.20. The Hall–Kier alpha value is -0.910. The topological polar surface area (TPSA) is 49.8 Å². The highest BCUT2D eigenvalue weighted by Gasteiger charge is 2.43. The molecule has 1 aromatic rings. The second kappa shape index (κ2) is 4.53. The Morgan fingerprint density at radius 1 is 1.25 bits per heavy atom. The number of para-hydroxylation sites is 1. The molecule has 0 saturated heterocycles. The number of nitrogens with two attached hydrogens (primary N) is 1. The first-order chi connectivity index (χ1) is 7.65. The summed E-state index contributed by atoms with van der Waals surface area (Å²) in [7, 11) is 0. The lowest BCUT2D eigenvalue weighted by Gasteiger charge is -2.19. The molecule has 1 aromatic carbocycles. The van der Waals surface area contributed by atoms with Crippen molar-refractivity contribution in [2.24, 2.45) is 5.92 Å². The van der Waals surface area contributed by atoms with E-state index in [-0.39, 0.29) is 22.6 Å². The smallest absolute Gasteiger partial charge is 0.0711 e. The molecule has 2 rings (SSSR count). The number of hydrogen-bond acceptors (Lipinski definition) is 2. The van der Waals surface area contributed by atoms with Gasteiger partial charge in [-0.15, -0.1) is 23.2 Å². The van der Waals surface area contributed by atoms with Crippen LogP contribution in [0.15, 0.2) is 24.3 Å². The summed E-state index contributed by atoms with van der Waals surface area (Å²) in [4.78, 5) is 0. The minimum atomic E-state index is -0.256. The molecule has 84 valence electrons. The van der Waals surface area contributed by atoms with Crippen molar-refractivity contribution in [1.82, 2.24) is 0 Å². The van der Waals surface area contributed by atoms with E-state index < -0.39 is 0 Å². The van der Waals surface area contributed by atoms with Gasteiger partial charge in [-0.25, -0.2) is 0 Å². The zero-order valence-corrected chi connectivity index (χ0v) is 10.1. The van der Waals surface area contributed by atoms with Crippen LogP contribution in [0.1, 0.15) is 17.9 Å². The standard InChI is InChI=1S/C12H12Cl2N2/c13-9-5-10(14)12(8(9)6-15)7-3-1-2-4-11(7)16/h1-4,8-10,12H,5,16H2. The summed E-state index contributed by atoms with van der Waals surface area (Å²) in [6.07, 6.45) is 0.653. The molecule has 0 radical (unpaired) electrons. The largest absolute Gasteiger partial charge is 0.398 e. The fourth-order valence-electron chi connectivity index (χ4n) is 2.32. The zero-order chi connectivity index (χ0) is 11.7. The number of anilines is 1. The Kier molecular flexibility index (Phi) is 3.28. The highest BCUT2D eigenvalue weighted by molar-refractivity contribution is 6.25. The van der Waals surface area contributed by atoms with Crippen molar-refractivity contribution >= 4 is 28.9 Å². The first kappa shape index (κ1) is 11.6. The monoisotopic (exact) mass is 254 g/mol. The Balaban J connectivity index is 2.40. The number of rotatable bonds is 1. The van der Waals surface area contributed by atoms with Crippen molar-refractivity contribution in [1.29, 1.82) is 5.26 Å². The molecule has 0 aliphatic heterocycles. The van der Waals surface area contributed by atoms with Gasteiger partial charge in [0.25, 0.3) is 0 Å². The number of nitriles is 1. The SMILES string of the molecule is N#CC1C(Cl)CC(Cl)C1c1ccccc1N. The van der Waals surface area contributed by atoms with E-state index in [9.17, 15) is 0 Å². The summed E-state index contributed by atoms with van der Waals surface area (Å²) >= 11 is 12.4. The van der Waals surface area contributed by atoms with E-state index >= 15 is 0 Å². The van der Waals surface area contributed by atoms with Crippen molar-refractivity contribution in [2.75, 3.05) is 5.73 Å². The number of nitrogen functional groups attached to an aromatic ring is 1. The van der Waals surface area contributed by atoms with Crippen LogP contribution in [0.25, 0.3) is 0 Å². The first-order valence-electron chi connectivity index (χ1n) is 5.17. The molecule has 0 spiro atoms. The third kappa shape index (κ3) is 1.86. The molecule has 0 amide bonds. The van der Waals surface area contributed by atoms with Crippen LogP contribution in [0.4, 0.5) is 5.69 Å². The van der Waals surface area contributed by atoms with E-state index in [0.717, 1.165) is 5.56 Å². The lowest BCUT2D eigenvalue weighted by Crippen LogP contribution is -2.16. The summed E-state index contributed by atoms with van der Waals surface area (Å²) in [6.45, 7) is 0. The molecule has 4 heteroatoms. The van der Waals surface area contributed by atoms with E-state index in [2.05, 4.69) is 6.07 Å². The molecule has 0 heterocycles. The van der Waals surface area contributed by atoms with Crippen LogP contribution in [0.2, 0.25) is 0 Å². The molecule has 1 aliphatic carbocycles. The zero-order valence-electron chi connectivity index (χ0n) is 8.61. The van der Waals surface area contributed by atoms with Crippen LogP contribution in [0.3, 0.4) is 0 Å². The van der Waals surface area contributed by atoms with Crippen molar-refractivity contribution in [3.8, 4) is 6.07 Å². The Labute approximate surface area is 105 Å². The molecular weight excluding hydrogens is 243 g/mol. The van der Waals surface area contributed by atoms with E-state index in [1.807, 2.05) is 24.3 Å². The van der Waals surface area contributed by atoms with Crippen molar-refractivity contribution in [3.05, 3.63) is 29.8 Å². The van der Waals surface area contributed by atoms with Gasteiger partial charge in [0.2, 0.25) is 0 Å². The van der Waals surface area contributed by atoms with Gasteiger partial charge in [-0.1, -0.05) is 18.2 Å². The molecule has 0 aromatic heterocycles. The maximum Gasteiger partial charge on any atom is 0.0711 e. The summed E-state index contributed by atoms with van der Waals surface area (Å²) in [5.41, 5.74) is 7.54. The molecule has 2 nitrogen and oxygen atoms in total. The average molecular weight is 255 g/mol. The lowest BCUT2D eigenvalue weighted by atomic mass is 9.88. The third-order valence-corrected chi connectivity index (χ3v) is 4.02. The molecule has 4 atom stereocenters. The maximum absolute atomic E-state index is 9.14. The second-order valence-electron chi connectivity index (χ2n) is 4.08. The van der Waals surface area contributed by atoms with Crippen molar-refractivity contribution in [2.45, 2.75) is 23.1 Å². The fourth-order valence-corrected chi connectivity index (χ4v) is 3.30. The molecule has 0 bridgehead atoms. The molecule has 2 N–H and O–H groups in total. The number of nitrogens with zero attached hydrogens (tertiary/aromatic N) is 1. The summed E-state index contributed by atoms with van der Waals surface area (Å²) in [5.74, 6) is -0.316. The van der Waals surface area contributed by atoms with Gasteiger partial charge in [0.15, 0.2) is 0 Å². The third-order valence-electron chi connectivity index (χ3n) is 3.12. The van der Waals surface area contributed by atoms with Crippen LogP contribution in [0, 0.1) is 17.2 Å². The molecule has 1 saturated carbocycles. The Morgan fingerprint density at radius 3 is 2.56 bits per heavy atom. The van der Waals surface area contributed by atoms with E-state index in [1.165, 1.54) is 0 Å². The van der Waals surface area contributed by atoms with Crippen LogP contribution < -0.4 is 5.73 Å². The quantitative estimate of drug-likeness (QED) is 0.619.